The third-order valence-electron chi connectivity index (χ3n) is 15.4. The summed E-state index contributed by atoms with van der Waals surface area (Å²) in [5, 5.41) is 43.9. The van der Waals surface area contributed by atoms with Crippen LogP contribution < -0.4 is 34.8 Å². The second-order valence-corrected chi connectivity index (χ2v) is 24.9. The Morgan fingerprint density at radius 2 is 1.34 bits per heavy atom. The molecule has 406 valence electrons. The quantitative estimate of drug-likeness (QED) is 0.0311. The van der Waals surface area contributed by atoms with Gasteiger partial charge in [0.15, 0.2) is 13.9 Å². The van der Waals surface area contributed by atoms with Gasteiger partial charge in [0.2, 0.25) is 11.8 Å². The minimum absolute atomic E-state index is 0.0589. The lowest BCUT2D eigenvalue weighted by Crippen LogP contribution is -2.49. The fraction of sp³-hybridized carbons (Fsp3) is 0.491. The van der Waals surface area contributed by atoms with E-state index in [-0.39, 0.29) is 44.1 Å². The predicted molar refractivity (Wildman–Crippen MR) is 292 cm³/mol. The van der Waals surface area contributed by atoms with Gasteiger partial charge in [0, 0.05) is 67.4 Å². The first-order valence-electron chi connectivity index (χ1n) is 27.1. The molecule has 2 unspecified atom stereocenters. The molecule has 3 amide bonds. The van der Waals surface area contributed by atoms with E-state index in [0.717, 1.165) is 22.4 Å². The van der Waals surface area contributed by atoms with Crippen molar-refractivity contribution in [2.75, 3.05) is 60.8 Å². The number of anilines is 5. The number of benzene rings is 4. The van der Waals surface area contributed by atoms with E-state index in [1.165, 1.54) is 0 Å². The maximum absolute atomic E-state index is 16.0. The summed E-state index contributed by atoms with van der Waals surface area (Å²) in [5.74, 6) is 0.319. The molecule has 4 aliphatic rings. The number of aliphatic hydroxyl groups is 3. The van der Waals surface area contributed by atoms with Crippen molar-refractivity contribution in [3.63, 3.8) is 0 Å². The Morgan fingerprint density at radius 1 is 0.750 bits per heavy atom. The average Bonchev–Trinajstić information content (AvgIpc) is 4.27. The Kier molecular flexibility index (Phi) is 17.1. The summed E-state index contributed by atoms with van der Waals surface area (Å²) in [7, 11) is -3.11. The van der Waals surface area contributed by atoms with Crippen LogP contribution in [0.1, 0.15) is 80.8 Å². The van der Waals surface area contributed by atoms with Crippen molar-refractivity contribution in [3.8, 4) is 11.5 Å². The zero-order valence-corrected chi connectivity index (χ0v) is 45.4. The zero-order valence-electron chi connectivity index (χ0n) is 44.4. The number of ether oxygens (including phenoxy) is 3. The molecule has 0 radical (unpaired) electrons. The summed E-state index contributed by atoms with van der Waals surface area (Å²) in [6.45, 7) is 12.3. The van der Waals surface area contributed by atoms with Crippen molar-refractivity contribution in [3.05, 3.63) is 113 Å². The number of aliphatic hydroxyl groups excluding tert-OH is 3. The number of rotatable bonds is 24. The van der Waals surface area contributed by atoms with Crippen molar-refractivity contribution in [1.29, 1.82) is 0 Å². The van der Waals surface area contributed by atoms with E-state index in [4.69, 9.17) is 14.2 Å². The molecule has 4 aliphatic heterocycles. The van der Waals surface area contributed by atoms with Gasteiger partial charge in [0.05, 0.1) is 60.7 Å². The van der Waals surface area contributed by atoms with Gasteiger partial charge in [-0.25, -0.2) is 0 Å². The number of fused-ring (bicyclic) bond motifs is 4. The molecule has 6 atom stereocenters. The fourth-order valence-electron chi connectivity index (χ4n) is 12.0. The minimum Gasteiger partial charge on any atom is -0.494 e. The predicted octanol–water partition coefficient (Wildman–Crippen LogP) is 5.95. The molecule has 5 aromatic rings. The third-order valence-corrected chi connectivity index (χ3v) is 17.9. The number of aryl methyl sites for hydroxylation is 1. The Bertz CT molecular complexity index is 2880. The number of carbonyl (C=O) groups excluding carboxylic acids is 3. The number of nitrogens with one attached hydrogen (secondary N) is 2. The van der Waals surface area contributed by atoms with E-state index in [0.29, 0.717) is 130 Å². The molecule has 0 bridgehead atoms. The highest BCUT2D eigenvalue weighted by Gasteiger charge is 2.66. The van der Waals surface area contributed by atoms with Gasteiger partial charge in [0.25, 0.3) is 5.91 Å². The van der Waals surface area contributed by atoms with Crippen LogP contribution in [0.4, 0.5) is 28.4 Å². The molecule has 0 saturated carbocycles. The molecular weight excluding hydrogens is 985 g/mol. The van der Waals surface area contributed by atoms with Gasteiger partial charge >= 0.3 is 0 Å². The molecule has 0 aliphatic carbocycles. The van der Waals surface area contributed by atoms with Crippen molar-refractivity contribution in [2.45, 2.75) is 128 Å². The molecule has 76 heavy (non-hydrogen) atoms. The number of carbonyl (C=O) groups is 3. The molecule has 18 nitrogen and oxygen atoms in total. The lowest BCUT2D eigenvalue weighted by Gasteiger charge is -2.36. The van der Waals surface area contributed by atoms with Crippen molar-refractivity contribution in [1.82, 2.24) is 25.6 Å². The number of nitrogens with zero attached hydrogens (tertiary/aromatic N) is 6. The normalized spacial score (nSPS) is 22.1. The van der Waals surface area contributed by atoms with E-state index < -0.39 is 43.6 Å². The maximum Gasteiger partial charge on any atom is 0.264 e. The molecule has 1 aromatic heterocycles. The summed E-state index contributed by atoms with van der Waals surface area (Å²) < 4.78 is 20.8. The Morgan fingerprint density at radius 3 is 1.91 bits per heavy atom. The molecule has 1 saturated heterocycles. The molecule has 1 spiro atoms. The van der Waals surface area contributed by atoms with Gasteiger partial charge in [-0.05, 0) is 168 Å². The van der Waals surface area contributed by atoms with Crippen LogP contribution in [0.5, 0.6) is 11.5 Å². The SMILES string of the molecule is CCOc1ccc2c(c1)CC(NCCCCO)C(=O)N2c1cccc(CN2C(=O)[C@@]3(O[C@@H](CCn4cc(CCO)nn4)[C@H]([Si](C)(C)O)[C@H]3C)c3cc(N4C(=O)C(NCCCCO)Cc5cc(OCC)ccc54)ccc32)c1. The smallest absolute Gasteiger partial charge is 0.264 e. The minimum atomic E-state index is -3.11. The van der Waals surface area contributed by atoms with Crippen molar-refractivity contribution in [2.24, 2.45) is 5.92 Å². The Balaban J connectivity index is 1.12. The van der Waals surface area contributed by atoms with Crippen LogP contribution in [0.15, 0.2) is 85.1 Å². The largest absolute Gasteiger partial charge is 0.494 e. The highest BCUT2D eigenvalue weighted by atomic mass is 28.4. The summed E-state index contributed by atoms with van der Waals surface area (Å²) in [4.78, 5) is 62.9. The number of amides is 3. The van der Waals surface area contributed by atoms with Gasteiger partial charge in [0.1, 0.15) is 11.5 Å². The topological polar surface area (TPSA) is 224 Å². The van der Waals surface area contributed by atoms with Gasteiger partial charge in [-0.3, -0.25) is 28.9 Å². The first-order chi connectivity index (χ1) is 36.7. The Hall–Kier alpha value is -6.03. The van der Waals surface area contributed by atoms with Crippen LogP contribution in [-0.2, 0) is 57.1 Å². The molecular formula is C57H74N8O10Si. The second-order valence-electron chi connectivity index (χ2n) is 20.9. The summed E-state index contributed by atoms with van der Waals surface area (Å²) in [6, 6.07) is 23.8. The summed E-state index contributed by atoms with van der Waals surface area (Å²) in [5.41, 5.74) is 5.14. The van der Waals surface area contributed by atoms with E-state index >= 15 is 4.79 Å². The summed E-state index contributed by atoms with van der Waals surface area (Å²) in [6.07, 6.45) is 5.54. The number of hydrogen-bond donors (Lipinski definition) is 6. The van der Waals surface area contributed by atoms with Crippen LogP contribution >= 0.6 is 0 Å². The highest BCUT2D eigenvalue weighted by Crippen LogP contribution is 2.60. The summed E-state index contributed by atoms with van der Waals surface area (Å²) >= 11 is 0. The molecule has 9 rings (SSSR count). The molecule has 5 heterocycles. The van der Waals surface area contributed by atoms with Gasteiger partial charge in [-0.2, -0.15) is 0 Å². The van der Waals surface area contributed by atoms with Crippen molar-refractivity contribution >= 4 is 54.5 Å². The fourth-order valence-corrected chi connectivity index (χ4v) is 14.6. The first-order valence-corrected chi connectivity index (χ1v) is 30.1. The van der Waals surface area contributed by atoms with Crippen LogP contribution in [0, 0.1) is 5.92 Å². The molecule has 19 heteroatoms. The van der Waals surface area contributed by atoms with E-state index in [9.17, 15) is 29.7 Å². The lowest BCUT2D eigenvalue weighted by atomic mass is 9.82. The van der Waals surface area contributed by atoms with Crippen LogP contribution in [0.25, 0.3) is 0 Å². The highest BCUT2D eigenvalue weighted by molar-refractivity contribution is 6.71. The molecule has 6 N–H and O–H groups in total. The zero-order chi connectivity index (χ0) is 53.7. The van der Waals surface area contributed by atoms with Gasteiger partial charge < -0.3 is 49.9 Å². The lowest BCUT2D eigenvalue weighted by molar-refractivity contribution is -0.146. The number of hydrogen-bond acceptors (Lipinski definition) is 14. The second kappa shape index (κ2) is 23.7. The number of unbranched alkanes of at least 4 members (excludes halogenated alkanes) is 2. The first kappa shape index (κ1) is 54.7. The van der Waals surface area contributed by atoms with Crippen LogP contribution in [-0.4, -0.2) is 125 Å². The van der Waals surface area contributed by atoms with Crippen LogP contribution in [0.3, 0.4) is 0 Å². The van der Waals surface area contributed by atoms with Crippen LogP contribution in [0.2, 0.25) is 18.6 Å². The van der Waals surface area contributed by atoms with Gasteiger partial charge in [-0.15, -0.1) is 5.10 Å². The van der Waals surface area contributed by atoms with E-state index in [1.54, 1.807) is 25.6 Å². The maximum atomic E-state index is 16.0. The standard InChI is InChI=1S/C57H74N8O10Si/c1-6-73-44-16-19-49-39(30-44)32-47(58-23-8-10-26-66)54(69)64(49)42-14-12-13-38(29-42)35-63-51-18-15-43(65-50-20-17-45(74-7-2)31-40(50)33-48(55(65)70)59-24-9-11-27-67)34-46(51)57(56(63)71)37(3)53(76(4,5)72)52(75-57)21-25-62-36-41(22-28-68)60-61-62/h12-20,29-31,34,36-37,47-48,52-53,58-59,66-68,72H,6-11,21-28,32-33,35H2,1-5H3/t37-,47?,48?,52+,53-,57+/m1/s1. The monoisotopic (exact) mass is 1060 g/mol. The molecule has 4 aromatic carbocycles. The van der Waals surface area contributed by atoms with Gasteiger partial charge in [-0.1, -0.05) is 24.3 Å². The van der Waals surface area contributed by atoms with E-state index in [1.807, 2.05) is 113 Å². The third kappa shape index (κ3) is 10.9. The molecule has 1 fully saturated rings. The van der Waals surface area contributed by atoms with E-state index in [2.05, 4.69) is 20.9 Å². The Labute approximate surface area is 446 Å². The van der Waals surface area contributed by atoms with Crippen molar-refractivity contribution < 1.29 is 48.7 Å². The number of aromatic nitrogens is 3. The average molecular weight is 1060 g/mol.